The Hall–Kier alpha value is -1.10. The molecule has 3 fully saturated rings. The van der Waals surface area contributed by atoms with E-state index in [4.69, 9.17) is 9.47 Å². The van der Waals surface area contributed by atoms with Crippen LogP contribution in [0.4, 0.5) is 0 Å². The lowest BCUT2D eigenvalue weighted by molar-refractivity contribution is -0.161. The Morgan fingerprint density at radius 1 is 0.960 bits per heavy atom. The zero-order valence-electron chi connectivity index (χ0n) is 15.7. The van der Waals surface area contributed by atoms with Gasteiger partial charge in [-0.25, -0.2) is 0 Å². The van der Waals surface area contributed by atoms with Crippen LogP contribution >= 0.6 is 0 Å². The number of carbonyl (C=O) groups excluding carboxylic acids is 2. The van der Waals surface area contributed by atoms with Crippen LogP contribution in [0.15, 0.2) is 0 Å². The molecule has 0 aromatic rings. The number of likely N-dealkylation sites (tertiary alicyclic amines) is 1. The van der Waals surface area contributed by atoms with E-state index in [0.29, 0.717) is 37.6 Å². The smallest absolute Gasteiger partial charge is 0.320 e. The monoisotopic (exact) mass is 351 g/mol. The van der Waals surface area contributed by atoms with Crippen LogP contribution < -0.4 is 0 Å². The molecular formula is C20H33NO4. The van der Waals surface area contributed by atoms with Gasteiger partial charge in [-0.2, -0.15) is 0 Å². The number of rotatable bonds is 5. The molecule has 2 saturated carbocycles. The largest absolute Gasteiger partial charge is 0.466 e. The van der Waals surface area contributed by atoms with Gasteiger partial charge >= 0.3 is 11.9 Å². The van der Waals surface area contributed by atoms with E-state index in [0.717, 1.165) is 25.3 Å². The first-order chi connectivity index (χ1) is 12.2. The highest BCUT2D eigenvalue weighted by Gasteiger charge is 2.50. The van der Waals surface area contributed by atoms with Crippen molar-refractivity contribution in [3.05, 3.63) is 0 Å². The number of ether oxygens (including phenoxy) is 2. The Balaban J connectivity index is 1.78. The van der Waals surface area contributed by atoms with Gasteiger partial charge in [0.15, 0.2) is 0 Å². The highest BCUT2D eigenvalue weighted by Crippen LogP contribution is 2.50. The molecular weight excluding hydrogens is 318 g/mol. The quantitative estimate of drug-likeness (QED) is 0.713. The van der Waals surface area contributed by atoms with Crippen LogP contribution in [0, 0.1) is 23.7 Å². The van der Waals surface area contributed by atoms with Gasteiger partial charge in [0.05, 0.1) is 25.7 Å². The first-order valence-corrected chi connectivity index (χ1v) is 10.2. The lowest BCUT2D eigenvalue weighted by Crippen LogP contribution is -2.58. The highest BCUT2D eigenvalue weighted by atomic mass is 16.5. The Kier molecular flexibility index (Phi) is 6.37. The Morgan fingerprint density at radius 2 is 1.72 bits per heavy atom. The molecule has 25 heavy (non-hydrogen) atoms. The third kappa shape index (κ3) is 4.02. The zero-order chi connectivity index (χ0) is 17.8. The fourth-order valence-corrected chi connectivity index (χ4v) is 5.71. The van der Waals surface area contributed by atoms with Crippen molar-refractivity contribution in [2.45, 2.75) is 64.8 Å². The zero-order valence-corrected chi connectivity index (χ0v) is 15.7. The van der Waals surface area contributed by atoms with Crippen molar-refractivity contribution in [3.8, 4) is 0 Å². The van der Waals surface area contributed by atoms with Crippen LogP contribution in [-0.2, 0) is 19.1 Å². The van der Waals surface area contributed by atoms with Crippen molar-refractivity contribution < 1.29 is 19.1 Å². The second-order valence-corrected chi connectivity index (χ2v) is 7.85. The van der Waals surface area contributed by atoms with Crippen molar-refractivity contribution in [1.29, 1.82) is 0 Å². The fraction of sp³-hybridized carbons (Fsp3) is 0.900. The first-order valence-electron chi connectivity index (χ1n) is 10.2. The lowest BCUT2D eigenvalue weighted by Gasteiger charge is -2.54. The molecule has 0 bridgehead atoms. The molecule has 5 nitrogen and oxygen atoms in total. The van der Waals surface area contributed by atoms with Crippen molar-refractivity contribution in [1.82, 2.24) is 4.90 Å². The van der Waals surface area contributed by atoms with Gasteiger partial charge in [-0.1, -0.05) is 19.3 Å². The summed E-state index contributed by atoms with van der Waals surface area (Å²) in [7, 11) is 0. The number of carbonyl (C=O) groups is 2. The summed E-state index contributed by atoms with van der Waals surface area (Å²) in [5.41, 5.74) is 0. The lowest BCUT2D eigenvalue weighted by atomic mass is 9.58. The van der Waals surface area contributed by atoms with Crippen LogP contribution in [0.3, 0.4) is 0 Å². The molecule has 5 unspecified atom stereocenters. The molecule has 3 rings (SSSR count). The highest BCUT2D eigenvalue weighted by molar-refractivity contribution is 5.74. The van der Waals surface area contributed by atoms with Gasteiger partial charge in [-0.15, -0.1) is 0 Å². The molecule has 0 aromatic carbocycles. The van der Waals surface area contributed by atoms with Crippen molar-refractivity contribution in [2.24, 2.45) is 23.7 Å². The standard InChI is InChI=1S/C20H33NO4/c1-3-24-18(22)13-21-12-11-16(20(23)25-4-2)19-15-8-6-5-7-14(15)9-10-17(19)21/h14-17,19H,3-13H2,1-2H3. The predicted molar refractivity (Wildman–Crippen MR) is 94.9 cm³/mol. The summed E-state index contributed by atoms with van der Waals surface area (Å²) >= 11 is 0. The second kappa shape index (κ2) is 8.52. The van der Waals surface area contributed by atoms with E-state index in [2.05, 4.69) is 4.90 Å². The van der Waals surface area contributed by atoms with Crippen molar-refractivity contribution >= 4 is 11.9 Å². The Bertz CT molecular complexity index is 480. The maximum absolute atomic E-state index is 12.6. The van der Waals surface area contributed by atoms with Gasteiger partial charge in [0, 0.05) is 6.04 Å². The number of hydrogen-bond donors (Lipinski definition) is 0. The molecule has 0 radical (unpaired) electrons. The SMILES string of the molecule is CCOC(=O)CN1CCC(C(=O)OCC)C2C3CCCCC3CCC21. The molecule has 142 valence electrons. The summed E-state index contributed by atoms with van der Waals surface area (Å²) in [6, 6.07) is 0.326. The first kappa shape index (κ1) is 18.7. The van der Waals surface area contributed by atoms with Gasteiger partial charge in [-0.05, 0) is 63.8 Å². The topological polar surface area (TPSA) is 55.8 Å². The maximum atomic E-state index is 12.6. The van der Waals surface area contributed by atoms with E-state index in [-0.39, 0.29) is 17.9 Å². The molecule has 5 atom stereocenters. The number of nitrogens with zero attached hydrogens (tertiary/aromatic N) is 1. The Morgan fingerprint density at radius 3 is 2.48 bits per heavy atom. The molecule has 1 aliphatic heterocycles. The van der Waals surface area contributed by atoms with Gasteiger partial charge in [0.25, 0.3) is 0 Å². The minimum absolute atomic E-state index is 0.00861. The number of fused-ring (bicyclic) bond motifs is 3. The molecule has 0 spiro atoms. The second-order valence-electron chi connectivity index (χ2n) is 7.85. The molecule has 0 aromatic heterocycles. The molecule has 0 amide bonds. The van der Waals surface area contributed by atoms with Gasteiger partial charge in [0.1, 0.15) is 0 Å². The average Bonchev–Trinajstić information content (AvgIpc) is 2.62. The van der Waals surface area contributed by atoms with E-state index < -0.39 is 0 Å². The van der Waals surface area contributed by atoms with Crippen LogP contribution in [-0.4, -0.2) is 49.2 Å². The van der Waals surface area contributed by atoms with E-state index in [1.807, 2.05) is 13.8 Å². The van der Waals surface area contributed by atoms with E-state index in [9.17, 15) is 9.59 Å². The molecule has 1 saturated heterocycles. The number of esters is 2. The minimum Gasteiger partial charge on any atom is -0.466 e. The molecule has 3 aliphatic rings. The molecule has 0 N–H and O–H groups in total. The van der Waals surface area contributed by atoms with Crippen LogP contribution in [0.5, 0.6) is 0 Å². The summed E-state index contributed by atoms with van der Waals surface area (Å²) < 4.78 is 10.6. The fourth-order valence-electron chi connectivity index (χ4n) is 5.71. The molecule has 5 heteroatoms. The predicted octanol–water partition coefficient (Wildman–Crippen LogP) is 3.02. The molecule has 2 aliphatic carbocycles. The van der Waals surface area contributed by atoms with Crippen molar-refractivity contribution in [3.63, 3.8) is 0 Å². The van der Waals surface area contributed by atoms with Crippen molar-refractivity contribution in [2.75, 3.05) is 26.3 Å². The van der Waals surface area contributed by atoms with Gasteiger partial charge in [-0.3, -0.25) is 14.5 Å². The van der Waals surface area contributed by atoms with E-state index in [1.54, 1.807) is 0 Å². The van der Waals surface area contributed by atoms with Crippen LogP contribution in [0.2, 0.25) is 0 Å². The van der Waals surface area contributed by atoms with Gasteiger partial charge < -0.3 is 9.47 Å². The molecule has 1 heterocycles. The van der Waals surface area contributed by atoms with Crippen LogP contribution in [0.1, 0.15) is 58.8 Å². The maximum Gasteiger partial charge on any atom is 0.320 e. The van der Waals surface area contributed by atoms with E-state index in [1.165, 1.54) is 32.1 Å². The average molecular weight is 351 g/mol. The number of piperidine rings is 1. The van der Waals surface area contributed by atoms with E-state index >= 15 is 0 Å². The summed E-state index contributed by atoms with van der Waals surface area (Å²) in [6.45, 7) is 5.77. The third-order valence-corrected chi connectivity index (χ3v) is 6.63. The Labute approximate surface area is 151 Å². The van der Waals surface area contributed by atoms with Crippen LogP contribution in [0.25, 0.3) is 0 Å². The minimum atomic E-state index is -0.137. The third-order valence-electron chi connectivity index (χ3n) is 6.63. The summed E-state index contributed by atoms with van der Waals surface area (Å²) in [5, 5.41) is 0. The summed E-state index contributed by atoms with van der Waals surface area (Å²) in [6.07, 6.45) is 8.29. The normalized spacial score (nSPS) is 35.4. The van der Waals surface area contributed by atoms with Gasteiger partial charge in [0.2, 0.25) is 0 Å². The summed E-state index contributed by atoms with van der Waals surface area (Å²) in [5.74, 6) is 1.58. The number of hydrogen-bond acceptors (Lipinski definition) is 5. The summed E-state index contributed by atoms with van der Waals surface area (Å²) in [4.78, 5) is 27.0.